The van der Waals surface area contributed by atoms with Crippen LogP contribution in [0.3, 0.4) is 0 Å². The lowest BCUT2D eigenvalue weighted by Crippen LogP contribution is -2.10. The minimum Gasteiger partial charge on any atom is -0.493 e. The Kier molecular flexibility index (Phi) is 6.52. The summed E-state index contributed by atoms with van der Waals surface area (Å²) in [7, 11) is 1.57. The summed E-state index contributed by atoms with van der Waals surface area (Å²) in [5, 5.41) is 10.6. The van der Waals surface area contributed by atoms with Gasteiger partial charge in [0.05, 0.1) is 19.5 Å². The van der Waals surface area contributed by atoms with Crippen LogP contribution in [0, 0.1) is 0 Å². The highest BCUT2D eigenvalue weighted by Crippen LogP contribution is 2.28. The monoisotopic (exact) mass is 418 g/mol. The second kappa shape index (κ2) is 9.25. The first-order valence-electron chi connectivity index (χ1n) is 8.14. The summed E-state index contributed by atoms with van der Waals surface area (Å²) in [6.07, 6.45) is 2.93. The molecule has 28 heavy (non-hydrogen) atoms. The highest BCUT2D eigenvalue weighted by atomic mass is 35.5. The van der Waals surface area contributed by atoms with E-state index in [0.717, 1.165) is 11.1 Å². The van der Waals surface area contributed by atoms with E-state index >= 15 is 0 Å². The van der Waals surface area contributed by atoms with E-state index in [-0.39, 0.29) is 5.02 Å². The summed E-state index contributed by atoms with van der Waals surface area (Å²) >= 11 is 11.8. The van der Waals surface area contributed by atoms with Crippen LogP contribution in [0.15, 0.2) is 58.6 Å². The molecule has 0 atom stereocenters. The van der Waals surface area contributed by atoms with Crippen molar-refractivity contribution in [2.75, 3.05) is 12.5 Å². The van der Waals surface area contributed by atoms with E-state index in [0.29, 0.717) is 28.8 Å². The number of hydrogen-bond acceptors (Lipinski definition) is 6. The molecule has 2 N–H and O–H groups in total. The van der Waals surface area contributed by atoms with Crippen LogP contribution in [0.2, 0.25) is 10.0 Å². The third-order valence-corrected chi connectivity index (χ3v) is 4.32. The van der Waals surface area contributed by atoms with Gasteiger partial charge in [-0.2, -0.15) is 10.2 Å². The van der Waals surface area contributed by atoms with Crippen LogP contribution >= 0.6 is 23.2 Å². The van der Waals surface area contributed by atoms with Gasteiger partial charge in [0.2, 0.25) is 0 Å². The first-order valence-corrected chi connectivity index (χ1v) is 8.90. The van der Waals surface area contributed by atoms with E-state index in [9.17, 15) is 4.79 Å². The maximum Gasteiger partial charge on any atom is 0.285 e. The normalized spacial score (nSPS) is 10.8. The van der Waals surface area contributed by atoms with Gasteiger partial charge in [-0.15, -0.1) is 0 Å². The molecule has 7 nitrogen and oxygen atoms in total. The minimum atomic E-state index is -0.496. The molecule has 2 aromatic carbocycles. The van der Waals surface area contributed by atoms with Gasteiger partial charge in [0.25, 0.3) is 5.56 Å². The van der Waals surface area contributed by atoms with Crippen molar-refractivity contribution in [2.24, 2.45) is 5.10 Å². The molecule has 144 valence electrons. The van der Waals surface area contributed by atoms with E-state index in [1.54, 1.807) is 37.6 Å². The Bertz CT molecular complexity index is 1040. The standard InChI is InChI=1S/C19H16Cl2N4O3/c1-27-16-7-4-13(9-22-24-15-10-23-25-19(26)18(15)21)8-17(16)28-11-12-2-5-14(20)6-3-12/h2-10H,11H2,1H3,(H2,24,25,26)/b22-9+. The van der Waals surface area contributed by atoms with Crippen molar-refractivity contribution >= 4 is 35.1 Å². The van der Waals surface area contributed by atoms with Gasteiger partial charge >= 0.3 is 0 Å². The number of rotatable bonds is 7. The van der Waals surface area contributed by atoms with Crippen LogP contribution in [0.25, 0.3) is 0 Å². The van der Waals surface area contributed by atoms with Crippen molar-refractivity contribution in [3.63, 3.8) is 0 Å². The zero-order valence-corrected chi connectivity index (χ0v) is 16.3. The quantitative estimate of drug-likeness (QED) is 0.445. The summed E-state index contributed by atoms with van der Waals surface area (Å²) in [5.74, 6) is 1.16. The molecule has 3 aromatic rings. The molecule has 0 fully saturated rings. The number of halogens is 2. The molecule has 0 radical (unpaired) electrons. The Balaban J connectivity index is 1.71. The van der Waals surface area contributed by atoms with Crippen LogP contribution in [0.4, 0.5) is 5.69 Å². The first kappa shape index (κ1) is 19.7. The van der Waals surface area contributed by atoms with Crippen molar-refractivity contribution in [3.05, 3.63) is 80.2 Å². The maximum absolute atomic E-state index is 11.4. The van der Waals surface area contributed by atoms with E-state index < -0.39 is 5.56 Å². The van der Waals surface area contributed by atoms with Gasteiger partial charge in [0.15, 0.2) is 11.5 Å². The van der Waals surface area contributed by atoms with Gasteiger partial charge in [-0.05, 0) is 41.5 Å². The minimum absolute atomic E-state index is 0.0196. The molecule has 0 aliphatic rings. The number of ether oxygens (including phenoxy) is 2. The number of benzene rings is 2. The number of hydrazone groups is 1. The molecule has 0 aliphatic heterocycles. The maximum atomic E-state index is 11.4. The molecule has 9 heteroatoms. The third kappa shape index (κ3) is 5.03. The summed E-state index contributed by atoms with van der Waals surface area (Å²) in [4.78, 5) is 11.4. The van der Waals surface area contributed by atoms with Crippen molar-refractivity contribution in [1.29, 1.82) is 0 Å². The number of H-pyrrole nitrogens is 1. The average Bonchev–Trinajstić information content (AvgIpc) is 2.71. The molecule has 0 amide bonds. The predicted molar refractivity (Wildman–Crippen MR) is 110 cm³/mol. The molecule has 0 saturated carbocycles. The number of aromatic amines is 1. The smallest absolute Gasteiger partial charge is 0.285 e. The van der Waals surface area contributed by atoms with Crippen LogP contribution in [-0.4, -0.2) is 23.5 Å². The van der Waals surface area contributed by atoms with E-state index in [4.69, 9.17) is 32.7 Å². The number of nitrogens with zero attached hydrogens (tertiary/aromatic N) is 2. The molecule has 1 heterocycles. The lowest BCUT2D eigenvalue weighted by atomic mass is 10.2. The van der Waals surface area contributed by atoms with E-state index in [1.807, 2.05) is 18.2 Å². The second-order valence-corrected chi connectivity index (χ2v) is 6.44. The van der Waals surface area contributed by atoms with Crippen molar-refractivity contribution < 1.29 is 9.47 Å². The second-order valence-electron chi connectivity index (χ2n) is 5.62. The number of aromatic nitrogens is 2. The van der Waals surface area contributed by atoms with Crippen molar-refractivity contribution in [3.8, 4) is 11.5 Å². The molecule has 0 spiro atoms. The number of hydrogen-bond donors (Lipinski definition) is 2. The van der Waals surface area contributed by atoms with Gasteiger partial charge < -0.3 is 9.47 Å². The average molecular weight is 419 g/mol. The highest BCUT2D eigenvalue weighted by molar-refractivity contribution is 6.32. The first-order chi connectivity index (χ1) is 13.6. The fourth-order valence-electron chi connectivity index (χ4n) is 2.27. The summed E-state index contributed by atoms with van der Waals surface area (Å²) < 4.78 is 11.2. The fourth-order valence-corrected chi connectivity index (χ4v) is 2.53. The number of nitrogens with one attached hydrogen (secondary N) is 2. The molecule has 0 unspecified atom stereocenters. The number of anilines is 1. The van der Waals surface area contributed by atoms with Crippen LogP contribution in [0.5, 0.6) is 11.5 Å². The van der Waals surface area contributed by atoms with Crippen molar-refractivity contribution in [2.45, 2.75) is 6.61 Å². The molecular weight excluding hydrogens is 403 g/mol. The SMILES string of the molecule is COc1ccc(/C=N/Nc2cn[nH]c(=O)c2Cl)cc1OCc1ccc(Cl)cc1. The van der Waals surface area contributed by atoms with Gasteiger partial charge in [0, 0.05) is 5.02 Å². The molecule has 0 aliphatic carbocycles. The van der Waals surface area contributed by atoms with Gasteiger partial charge in [-0.25, -0.2) is 5.10 Å². The van der Waals surface area contributed by atoms with E-state index in [1.165, 1.54) is 6.20 Å². The van der Waals surface area contributed by atoms with Gasteiger partial charge in [-0.1, -0.05) is 35.3 Å². The van der Waals surface area contributed by atoms with Crippen LogP contribution in [-0.2, 0) is 6.61 Å². The highest BCUT2D eigenvalue weighted by Gasteiger charge is 2.07. The third-order valence-electron chi connectivity index (χ3n) is 3.69. The predicted octanol–water partition coefficient (Wildman–Crippen LogP) is 4.11. The molecule has 1 aromatic heterocycles. The van der Waals surface area contributed by atoms with Crippen LogP contribution in [0.1, 0.15) is 11.1 Å². The molecule has 0 saturated heterocycles. The summed E-state index contributed by atoms with van der Waals surface area (Å²) in [6.45, 7) is 0.362. The Morgan fingerprint density at radius 3 is 2.71 bits per heavy atom. The molecule has 3 rings (SSSR count). The Labute approximate surface area is 170 Å². The fraction of sp³-hybridized carbons (Fsp3) is 0.105. The number of methoxy groups -OCH3 is 1. The zero-order valence-electron chi connectivity index (χ0n) is 14.8. The summed E-state index contributed by atoms with van der Waals surface area (Å²) in [6, 6.07) is 12.8. The Morgan fingerprint density at radius 1 is 1.18 bits per heavy atom. The van der Waals surface area contributed by atoms with E-state index in [2.05, 4.69) is 20.7 Å². The topological polar surface area (TPSA) is 88.6 Å². The van der Waals surface area contributed by atoms with Crippen LogP contribution < -0.4 is 20.5 Å². The van der Waals surface area contributed by atoms with Crippen molar-refractivity contribution in [1.82, 2.24) is 10.2 Å². The largest absolute Gasteiger partial charge is 0.493 e. The Hall–Kier alpha value is -3.03. The molecule has 0 bridgehead atoms. The zero-order chi connectivity index (χ0) is 19.9. The lowest BCUT2D eigenvalue weighted by molar-refractivity contribution is 0.284. The molecular formula is C19H16Cl2N4O3. The summed E-state index contributed by atoms with van der Waals surface area (Å²) in [5.41, 5.74) is 4.22. The lowest BCUT2D eigenvalue weighted by Gasteiger charge is -2.11. The van der Waals surface area contributed by atoms with Gasteiger partial charge in [-0.3, -0.25) is 10.2 Å². The Morgan fingerprint density at radius 2 is 1.96 bits per heavy atom. The van der Waals surface area contributed by atoms with Gasteiger partial charge in [0.1, 0.15) is 17.3 Å².